The molecule has 1 heterocycles. The number of aromatic hydroxyl groups is 1. The molecule has 1 aliphatic rings. The first-order valence-corrected chi connectivity index (χ1v) is 6.49. The fraction of sp³-hybridized carbons (Fsp3) is 0.571. The summed E-state index contributed by atoms with van der Waals surface area (Å²) < 4.78 is 0. The van der Waals surface area contributed by atoms with Gasteiger partial charge in [-0.15, -0.1) is 0 Å². The summed E-state index contributed by atoms with van der Waals surface area (Å²) in [6.07, 6.45) is 0. The van der Waals surface area contributed by atoms with E-state index < -0.39 is 0 Å². The Morgan fingerprint density at radius 1 is 1.22 bits per heavy atom. The molecule has 2 rings (SSSR count). The maximum Gasteiger partial charge on any atom is 0.116 e. The van der Waals surface area contributed by atoms with Crippen molar-refractivity contribution in [3.8, 4) is 5.75 Å². The second-order valence-corrected chi connectivity index (χ2v) is 4.98. The molecule has 0 radical (unpaired) electrons. The number of hydrogen-bond acceptors (Lipinski definition) is 4. The molecule has 1 fully saturated rings. The number of piperazine rings is 1. The molecule has 1 aliphatic heterocycles. The fourth-order valence-corrected chi connectivity index (χ4v) is 2.86. The average molecular weight is 250 g/mol. The summed E-state index contributed by atoms with van der Waals surface area (Å²) in [5.41, 5.74) is 3.24. The Labute approximate surface area is 108 Å². The molecule has 0 bridgehead atoms. The summed E-state index contributed by atoms with van der Waals surface area (Å²) in [6, 6.07) is 3.58. The van der Waals surface area contributed by atoms with Crippen LogP contribution in [-0.4, -0.2) is 47.9 Å². The van der Waals surface area contributed by atoms with Gasteiger partial charge in [0.1, 0.15) is 5.75 Å². The van der Waals surface area contributed by atoms with E-state index in [1.807, 2.05) is 13.8 Å². The molecular formula is C14H22N2O2. The lowest BCUT2D eigenvalue weighted by Gasteiger charge is -2.35. The van der Waals surface area contributed by atoms with Gasteiger partial charge >= 0.3 is 0 Å². The van der Waals surface area contributed by atoms with Crippen molar-refractivity contribution in [3.63, 3.8) is 0 Å². The van der Waals surface area contributed by atoms with Crippen molar-refractivity contribution >= 4 is 0 Å². The number of aryl methyl sites for hydroxylation is 2. The molecule has 4 heteroatoms. The highest BCUT2D eigenvalue weighted by atomic mass is 16.3. The highest BCUT2D eigenvalue weighted by molar-refractivity contribution is 5.42. The van der Waals surface area contributed by atoms with Crippen LogP contribution in [0.4, 0.5) is 0 Å². The molecule has 0 saturated carbocycles. The predicted octanol–water partition coefficient (Wildman–Crippen LogP) is 0.948. The zero-order chi connectivity index (χ0) is 13.1. The molecule has 1 aromatic carbocycles. The summed E-state index contributed by atoms with van der Waals surface area (Å²) in [6.45, 7) is 7.93. The van der Waals surface area contributed by atoms with Crippen molar-refractivity contribution in [2.75, 3.05) is 32.8 Å². The molecule has 0 unspecified atom stereocenters. The molecule has 0 spiro atoms. The van der Waals surface area contributed by atoms with E-state index in [0.717, 1.165) is 42.9 Å². The molecular weight excluding hydrogens is 228 g/mol. The van der Waals surface area contributed by atoms with Gasteiger partial charge in [0.2, 0.25) is 0 Å². The number of nitrogens with one attached hydrogen (secondary N) is 1. The third kappa shape index (κ3) is 2.66. The Morgan fingerprint density at radius 2 is 1.78 bits per heavy atom. The molecule has 4 nitrogen and oxygen atoms in total. The van der Waals surface area contributed by atoms with Gasteiger partial charge in [0.05, 0.1) is 12.6 Å². The van der Waals surface area contributed by atoms with Gasteiger partial charge in [0, 0.05) is 26.2 Å². The van der Waals surface area contributed by atoms with E-state index in [9.17, 15) is 10.2 Å². The number of aliphatic hydroxyl groups is 1. The van der Waals surface area contributed by atoms with E-state index in [1.54, 1.807) is 12.1 Å². The van der Waals surface area contributed by atoms with Crippen LogP contribution in [0.25, 0.3) is 0 Å². The molecule has 0 aliphatic carbocycles. The first-order chi connectivity index (χ1) is 8.63. The number of rotatable bonds is 3. The number of phenolic OH excluding ortho intramolecular Hbond substituents is 1. The van der Waals surface area contributed by atoms with Gasteiger partial charge in [0.25, 0.3) is 0 Å². The normalized spacial score (nSPS) is 18.8. The molecule has 1 saturated heterocycles. The number of benzene rings is 1. The smallest absolute Gasteiger partial charge is 0.116 e. The summed E-state index contributed by atoms with van der Waals surface area (Å²) in [5, 5.41) is 22.6. The third-order valence-corrected chi connectivity index (χ3v) is 3.68. The van der Waals surface area contributed by atoms with E-state index >= 15 is 0 Å². The van der Waals surface area contributed by atoms with Crippen LogP contribution < -0.4 is 5.32 Å². The Kier molecular flexibility index (Phi) is 4.22. The quantitative estimate of drug-likeness (QED) is 0.747. The zero-order valence-electron chi connectivity index (χ0n) is 11.1. The van der Waals surface area contributed by atoms with Crippen LogP contribution in [0.5, 0.6) is 5.75 Å². The monoisotopic (exact) mass is 250 g/mol. The second kappa shape index (κ2) is 5.69. The van der Waals surface area contributed by atoms with Crippen molar-refractivity contribution in [2.24, 2.45) is 0 Å². The Bertz CT molecular complexity index is 391. The first kappa shape index (κ1) is 13.3. The van der Waals surface area contributed by atoms with Crippen molar-refractivity contribution in [1.82, 2.24) is 10.2 Å². The zero-order valence-corrected chi connectivity index (χ0v) is 11.1. The van der Waals surface area contributed by atoms with Gasteiger partial charge < -0.3 is 15.5 Å². The number of phenols is 1. The van der Waals surface area contributed by atoms with Crippen LogP contribution in [0, 0.1) is 13.8 Å². The Morgan fingerprint density at radius 3 is 2.28 bits per heavy atom. The van der Waals surface area contributed by atoms with Crippen LogP contribution in [-0.2, 0) is 0 Å². The van der Waals surface area contributed by atoms with E-state index in [0.29, 0.717) is 5.75 Å². The van der Waals surface area contributed by atoms with Crippen LogP contribution >= 0.6 is 0 Å². The van der Waals surface area contributed by atoms with Crippen molar-refractivity contribution in [2.45, 2.75) is 19.9 Å². The van der Waals surface area contributed by atoms with Crippen LogP contribution in [0.15, 0.2) is 12.1 Å². The lowest BCUT2D eigenvalue weighted by molar-refractivity contribution is 0.110. The Balaban J connectivity index is 2.32. The topological polar surface area (TPSA) is 55.7 Å². The fourth-order valence-electron chi connectivity index (χ4n) is 2.86. The minimum atomic E-state index is 0.0349. The van der Waals surface area contributed by atoms with Crippen LogP contribution in [0.1, 0.15) is 22.7 Å². The van der Waals surface area contributed by atoms with Gasteiger partial charge in [-0.3, -0.25) is 4.90 Å². The molecule has 100 valence electrons. The van der Waals surface area contributed by atoms with E-state index in [-0.39, 0.29) is 12.6 Å². The average Bonchev–Trinajstić information content (AvgIpc) is 2.34. The lowest BCUT2D eigenvalue weighted by Crippen LogP contribution is -2.46. The molecule has 18 heavy (non-hydrogen) atoms. The number of aliphatic hydroxyl groups excluding tert-OH is 1. The third-order valence-electron chi connectivity index (χ3n) is 3.68. The standard InChI is InChI=1S/C14H22N2O2/c1-10-7-12(18)8-11(2)14(10)13(9-17)16-5-3-15-4-6-16/h7-8,13,15,17-18H,3-6,9H2,1-2H3/t13-/m1/s1. The summed E-state index contributed by atoms with van der Waals surface area (Å²) in [7, 11) is 0. The largest absolute Gasteiger partial charge is 0.508 e. The molecule has 1 atom stereocenters. The Hall–Kier alpha value is -1.10. The summed E-state index contributed by atoms with van der Waals surface area (Å²) in [5.74, 6) is 0.297. The van der Waals surface area contributed by atoms with Crippen LogP contribution in [0.3, 0.4) is 0 Å². The minimum absolute atomic E-state index is 0.0349. The van der Waals surface area contributed by atoms with Crippen molar-refractivity contribution < 1.29 is 10.2 Å². The minimum Gasteiger partial charge on any atom is -0.508 e. The van der Waals surface area contributed by atoms with E-state index in [2.05, 4.69) is 10.2 Å². The summed E-state index contributed by atoms with van der Waals surface area (Å²) in [4.78, 5) is 2.31. The van der Waals surface area contributed by atoms with Crippen molar-refractivity contribution in [1.29, 1.82) is 0 Å². The first-order valence-electron chi connectivity index (χ1n) is 6.49. The molecule has 1 aromatic rings. The van der Waals surface area contributed by atoms with Gasteiger partial charge in [-0.05, 0) is 42.7 Å². The van der Waals surface area contributed by atoms with Gasteiger partial charge in [-0.1, -0.05) is 0 Å². The lowest BCUT2D eigenvalue weighted by atomic mass is 9.94. The molecule has 0 amide bonds. The van der Waals surface area contributed by atoms with Crippen molar-refractivity contribution in [3.05, 3.63) is 28.8 Å². The molecule has 3 N–H and O–H groups in total. The second-order valence-electron chi connectivity index (χ2n) is 4.98. The number of hydrogen-bond donors (Lipinski definition) is 3. The maximum absolute atomic E-state index is 9.73. The molecule has 0 aromatic heterocycles. The van der Waals surface area contributed by atoms with Gasteiger partial charge in [-0.25, -0.2) is 0 Å². The predicted molar refractivity (Wildman–Crippen MR) is 71.9 cm³/mol. The maximum atomic E-state index is 9.73. The highest BCUT2D eigenvalue weighted by Crippen LogP contribution is 2.30. The SMILES string of the molecule is Cc1cc(O)cc(C)c1[C@@H](CO)N1CCNCC1. The van der Waals surface area contributed by atoms with Crippen LogP contribution in [0.2, 0.25) is 0 Å². The van der Waals surface area contributed by atoms with Gasteiger partial charge in [-0.2, -0.15) is 0 Å². The summed E-state index contributed by atoms with van der Waals surface area (Å²) >= 11 is 0. The van der Waals surface area contributed by atoms with E-state index in [1.165, 1.54) is 0 Å². The van der Waals surface area contributed by atoms with Gasteiger partial charge in [0.15, 0.2) is 0 Å². The number of nitrogens with zero attached hydrogens (tertiary/aromatic N) is 1. The van der Waals surface area contributed by atoms with E-state index in [4.69, 9.17) is 0 Å². The highest BCUT2D eigenvalue weighted by Gasteiger charge is 2.24.